The Labute approximate surface area is 116 Å². The molecule has 1 N–H and O–H groups in total. The van der Waals surface area contributed by atoms with E-state index in [-0.39, 0.29) is 0 Å². The third-order valence-corrected chi connectivity index (χ3v) is 5.84. The zero-order valence-electron chi connectivity index (χ0n) is 12.1. The summed E-state index contributed by atoms with van der Waals surface area (Å²) in [5.74, 6) is 0.857. The minimum absolute atomic E-state index is 0.791. The highest BCUT2D eigenvalue weighted by Crippen LogP contribution is 2.17. The van der Waals surface area contributed by atoms with Crippen LogP contribution in [0.25, 0.3) is 0 Å². The maximum atomic E-state index is 5.37. The Hall–Kier alpha value is -1.08. The maximum Gasteiger partial charge on any atom is 0.500 e. The lowest BCUT2D eigenvalue weighted by molar-refractivity contribution is 0.123. The van der Waals surface area contributed by atoms with Crippen LogP contribution in [0.5, 0.6) is 5.75 Å². The summed E-state index contributed by atoms with van der Waals surface area (Å²) < 4.78 is 21.2. The lowest BCUT2D eigenvalue weighted by Crippen LogP contribution is -2.42. The molecule has 0 atom stereocenters. The summed E-state index contributed by atoms with van der Waals surface area (Å²) in [4.78, 5) is 0. The SMILES string of the molecule is COc1ccc(NCCC[Si](OC)(OC)OC)cc1. The van der Waals surface area contributed by atoms with Gasteiger partial charge in [0.2, 0.25) is 0 Å². The smallest absolute Gasteiger partial charge is 0.497 e. The lowest BCUT2D eigenvalue weighted by Gasteiger charge is -2.24. The van der Waals surface area contributed by atoms with E-state index in [2.05, 4.69) is 5.32 Å². The lowest BCUT2D eigenvalue weighted by atomic mass is 10.3. The molecule has 0 aliphatic carbocycles. The topological polar surface area (TPSA) is 49.0 Å². The fourth-order valence-electron chi connectivity index (χ4n) is 1.80. The van der Waals surface area contributed by atoms with Crippen molar-refractivity contribution in [2.75, 3.05) is 40.3 Å². The monoisotopic (exact) mass is 285 g/mol. The molecule has 1 aromatic carbocycles. The number of benzene rings is 1. The normalized spacial score (nSPS) is 11.4. The number of rotatable bonds is 9. The fraction of sp³-hybridized carbons (Fsp3) is 0.538. The Kier molecular flexibility index (Phi) is 6.86. The molecular formula is C13H23NO4Si. The van der Waals surface area contributed by atoms with E-state index in [9.17, 15) is 0 Å². The third-order valence-electron chi connectivity index (χ3n) is 3.01. The number of nitrogens with one attached hydrogen (secondary N) is 1. The van der Waals surface area contributed by atoms with Crippen molar-refractivity contribution in [3.63, 3.8) is 0 Å². The first-order valence-electron chi connectivity index (χ1n) is 6.23. The average molecular weight is 285 g/mol. The Morgan fingerprint density at radius 1 is 0.947 bits per heavy atom. The number of ether oxygens (including phenoxy) is 1. The molecule has 0 amide bonds. The number of methoxy groups -OCH3 is 1. The van der Waals surface area contributed by atoms with Gasteiger partial charge in [-0.05, 0) is 30.7 Å². The second-order valence-corrected chi connectivity index (χ2v) is 7.14. The minimum atomic E-state index is -2.43. The van der Waals surface area contributed by atoms with Crippen molar-refractivity contribution in [2.45, 2.75) is 12.5 Å². The van der Waals surface area contributed by atoms with Gasteiger partial charge in [0.1, 0.15) is 5.75 Å². The fourth-order valence-corrected chi connectivity index (χ4v) is 3.52. The molecule has 0 spiro atoms. The first kappa shape index (κ1) is 16.0. The van der Waals surface area contributed by atoms with Crippen LogP contribution in [-0.2, 0) is 13.3 Å². The van der Waals surface area contributed by atoms with Crippen molar-refractivity contribution >= 4 is 14.5 Å². The molecule has 1 aromatic rings. The molecule has 0 aromatic heterocycles. The molecule has 0 heterocycles. The van der Waals surface area contributed by atoms with E-state index in [1.807, 2.05) is 24.3 Å². The standard InChI is InChI=1S/C13H23NO4Si/c1-15-13-8-6-12(7-9-13)14-10-5-11-19(16-2,17-3)18-4/h6-9,14H,5,10-11H2,1-4H3. The molecule has 6 heteroatoms. The molecule has 0 aliphatic heterocycles. The van der Waals surface area contributed by atoms with Crippen LogP contribution in [0.1, 0.15) is 6.42 Å². The highest BCUT2D eigenvalue weighted by Gasteiger charge is 2.36. The Morgan fingerprint density at radius 3 is 2.00 bits per heavy atom. The highest BCUT2D eigenvalue weighted by atomic mass is 28.4. The number of anilines is 1. The van der Waals surface area contributed by atoms with Crippen LogP contribution in [0.2, 0.25) is 6.04 Å². The van der Waals surface area contributed by atoms with Crippen LogP contribution in [0.4, 0.5) is 5.69 Å². The zero-order valence-corrected chi connectivity index (χ0v) is 13.1. The molecule has 0 fully saturated rings. The molecule has 0 bridgehead atoms. The van der Waals surface area contributed by atoms with Crippen LogP contribution in [0.15, 0.2) is 24.3 Å². The van der Waals surface area contributed by atoms with Crippen LogP contribution in [0, 0.1) is 0 Å². The molecule has 0 saturated carbocycles. The molecule has 5 nitrogen and oxygen atoms in total. The molecule has 19 heavy (non-hydrogen) atoms. The molecule has 0 radical (unpaired) electrons. The van der Waals surface area contributed by atoms with Gasteiger partial charge in [-0.3, -0.25) is 0 Å². The number of hydrogen-bond donors (Lipinski definition) is 1. The highest BCUT2D eigenvalue weighted by molar-refractivity contribution is 6.60. The third kappa shape index (κ3) is 4.83. The Morgan fingerprint density at radius 2 is 1.53 bits per heavy atom. The summed E-state index contributed by atoms with van der Waals surface area (Å²) >= 11 is 0. The second kappa shape index (κ2) is 8.16. The molecular weight excluding hydrogens is 262 g/mol. The van der Waals surface area contributed by atoms with Gasteiger partial charge in [0, 0.05) is 39.6 Å². The van der Waals surface area contributed by atoms with Crippen LogP contribution in [-0.4, -0.2) is 43.8 Å². The van der Waals surface area contributed by atoms with Gasteiger partial charge in [0.25, 0.3) is 0 Å². The quantitative estimate of drug-likeness (QED) is 0.557. The van der Waals surface area contributed by atoms with E-state index in [0.29, 0.717) is 0 Å². The van der Waals surface area contributed by atoms with Crippen molar-refractivity contribution < 1.29 is 18.0 Å². The molecule has 0 aliphatic rings. The van der Waals surface area contributed by atoms with Crippen molar-refractivity contribution in [1.82, 2.24) is 0 Å². The van der Waals surface area contributed by atoms with Crippen molar-refractivity contribution in [3.05, 3.63) is 24.3 Å². The van der Waals surface area contributed by atoms with E-state index in [1.165, 1.54) is 0 Å². The van der Waals surface area contributed by atoms with Gasteiger partial charge in [-0.25, -0.2) is 0 Å². The summed E-state index contributed by atoms with van der Waals surface area (Å²) in [5.41, 5.74) is 1.07. The number of hydrogen-bond acceptors (Lipinski definition) is 5. The average Bonchev–Trinajstić information content (AvgIpc) is 2.49. The van der Waals surface area contributed by atoms with Crippen LogP contribution < -0.4 is 10.1 Å². The van der Waals surface area contributed by atoms with Gasteiger partial charge in [0.15, 0.2) is 0 Å². The van der Waals surface area contributed by atoms with E-state index < -0.39 is 8.80 Å². The van der Waals surface area contributed by atoms with Gasteiger partial charge in [-0.1, -0.05) is 0 Å². The summed E-state index contributed by atoms with van der Waals surface area (Å²) in [6.45, 7) is 0.844. The second-order valence-electron chi connectivity index (χ2n) is 4.05. The van der Waals surface area contributed by atoms with Gasteiger partial charge >= 0.3 is 8.80 Å². The van der Waals surface area contributed by atoms with Crippen LogP contribution in [0.3, 0.4) is 0 Å². The van der Waals surface area contributed by atoms with Gasteiger partial charge in [-0.2, -0.15) is 0 Å². The van der Waals surface area contributed by atoms with Crippen molar-refractivity contribution in [3.8, 4) is 5.75 Å². The predicted octanol–water partition coefficient (Wildman–Crippen LogP) is 2.38. The van der Waals surface area contributed by atoms with E-state index in [0.717, 1.165) is 30.4 Å². The summed E-state index contributed by atoms with van der Waals surface area (Å²) in [5, 5.41) is 3.34. The van der Waals surface area contributed by atoms with Crippen molar-refractivity contribution in [2.24, 2.45) is 0 Å². The molecule has 108 valence electrons. The van der Waals surface area contributed by atoms with Crippen molar-refractivity contribution in [1.29, 1.82) is 0 Å². The zero-order chi connectivity index (χ0) is 14.1. The summed E-state index contributed by atoms with van der Waals surface area (Å²) in [6, 6.07) is 8.64. The van der Waals surface area contributed by atoms with Crippen LogP contribution >= 0.6 is 0 Å². The summed E-state index contributed by atoms with van der Waals surface area (Å²) in [7, 11) is 4.13. The van der Waals surface area contributed by atoms with E-state index in [4.69, 9.17) is 18.0 Å². The van der Waals surface area contributed by atoms with Gasteiger partial charge in [-0.15, -0.1) is 0 Å². The Bertz CT molecular complexity index is 346. The largest absolute Gasteiger partial charge is 0.500 e. The Balaban J connectivity index is 2.33. The first-order valence-corrected chi connectivity index (χ1v) is 8.16. The molecule has 1 rings (SSSR count). The van der Waals surface area contributed by atoms with Gasteiger partial charge < -0.3 is 23.3 Å². The molecule has 0 saturated heterocycles. The maximum absolute atomic E-state index is 5.37. The summed E-state index contributed by atoms with van der Waals surface area (Å²) in [6.07, 6.45) is 0.924. The van der Waals surface area contributed by atoms with E-state index in [1.54, 1.807) is 28.4 Å². The minimum Gasteiger partial charge on any atom is -0.497 e. The van der Waals surface area contributed by atoms with E-state index >= 15 is 0 Å². The van der Waals surface area contributed by atoms with Gasteiger partial charge in [0.05, 0.1) is 7.11 Å². The predicted molar refractivity (Wildman–Crippen MR) is 77.7 cm³/mol. The first-order chi connectivity index (χ1) is 9.19. The molecule has 0 unspecified atom stereocenters.